The second-order valence-corrected chi connectivity index (χ2v) is 5.76. The lowest BCUT2D eigenvalue weighted by Crippen LogP contribution is -2.30. The molecular weight excluding hydrogens is 362 g/mol. The number of pyridine rings is 1. The van der Waals surface area contributed by atoms with Gasteiger partial charge in [-0.05, 0) is 46.8 Å². The van der Waals surface area contributed by atoms with Crippen molar-refractivity contribution in [2.75, 3.05) is 0 Å². The topological polar surface area (TPSA) is 110 Å². The summed E-state index contributed by atoms with van der Waals surface area (Å²) in [6.45, 7) is 0. The molecule has 0 N–H and O–H groups in total. The molecule has 0 spiro atoms. The van der Waals surface area contributed by atoms with Crippen molar-refractivity contribution in [2.45, 2.75) is 0 Å². The zero-order valence-electron chi connectivity index (χ0n) is 14.2. The van der Waals surface area contributed by atoms with Gasteiger partial charge in [-0.25, -0.2) is 0 Å². The first kappa shape index (κ1) is 15.9. The van der Waals surface area contributed by atoms with Gasteiger partial charge >= 0.3 is 6.16 Å². The van der Waals surface area contributed by atoms with Crippen molar-refractivity contribution in [3.05, 3.63) is 66.9 Å². The number of nitrogens with zero attached hydrogens (tertiary/aromatic N) is 7. The highest BCUT2D eigenvalue weighted by Gasteiger charge is 2.16. The molecule has 0 aliphatic rings. The monoisotopic (exact) mass is 373 g/mol. The number of carbonyl (C=O) groups excluding carboxylic acids is 1. The fourth-order valence-corrected chi connectivity index (χ4v) is 2.73. The highest BCUT2D eigenvalue weighted by atomic mass is 16.9. The van der Waals surface area contributed by atoms with Crippen LogP contribution in [0.2, 0.25) is 0 Å². The molecule has 0 saturated carbocycles. The normalized spacial score (nSPS) is 11.0. The number of aromatic nitrogens is 7. The van der Waals surface area contributed by atoms with Gasteiger partial charge in [0.05, 0.1) is 5.69 Å². The van der Waals surface area contributed by atoms with Crippen molar-refractivity contribution in [1.82, 2.24) is 35.3 Å². The van der Waals surface area contributed by atoms with Crippen LogP contribution < -0.4 is 9.68 Å². The number of benzene rings is 2. The van der Waals surface area contributed by atoms with Gasteiger partial charge in [0.2, 0.25) is 0 Å². The van der Waals surface area contributed by atoms with Crippen LogP contribution in [-0.4, -0.2) is 41.5 Å². The van der Waals surface area contributed by atoms with Gasteiger partial charge in [-0.2, -0.15) is 4.79 Å². The van der Waals surface area contributed by atoms with Crippen LogP contribution in [0.15, 0.2) is 66.9 Å². The first-order valence-electron chi connectivity index (χ1n) is 8.26. The quantitative estimate of drug-likeness (QED) is 0.441. The van der Waals surface area contributed by atoms with Crippen LogP contribution >= 0.6 is 0 Å². The number of fused-ring (bicyclic) bond motifs is 2. The molecule has 0 unspecified atom stereocenters. The van der Waals surface area contributed by atoms with Crippen LogP contribution in [0.5, 0.6) is 0 Å². The highest BCUT2D eigenvalue weighted by Crippen LogP contribution is 2.21. The molecule has 3 heterocycles. The fraction of sp³-hybridized carbons (Fsp3) is 0. The second-order valence-electron chi connectivity index (χ2n) is 5.76. The van der Waals surface area contributed by atoms with Gasteiger partial charge in [0.1, 0.15) is 22.1 Å². The van der Waals surface area contributed by atoms with Crippen molar-refractivity contribution in [3.63, 3.8) is 0 Å². The highest BCUT2D eigenvalue weighted by molar-refractivity contribution is 5.81. The van der Waals surface area contributed by atoms with E-state index >= 15 is 0 Å². The Balaban J connectivity index is 1.42. The molecule has 2 aromatic carbocycles. The Labute approximate surface area is 156 Å². The number of para-hydroxylation sites is 1. The summed E-state index contributed by atoms with van der Waals surface area (Å²) in [7, 11) is 0. The van der Waals surface area contributed by atoms with Gasteiger partial charge < -0.3 is 0 Å². The van der Waals surface area contributed by atoms with E-state index in [-0.39, 0.29) is 0 Å². The van der Waals surface area contributed by atoms with Crippen LogP contribution in [0.4, 0.5) is 4.79 Å². The summed E-state index contributed by atoms with van der Waals surface area (Å²) in [5.74, 6) is 0. The Morgan fingerprint density at radius 3 is 2.29 bits per heavy atom. The maximum absolute atomic E-state index is 12.2. The molecule has 0 atom stereocenters. The van der Waals surface area contributed by atoms with E-state index in [1.165, 1.54) is 0 Å². The Morgan fingerprint density at radius 1 is 0.786 bits per heavy atom. The third-order valence-electron chi connectivity index (χ3n) is 4.02. The standard InChI is InChI=1S/C18H11N7O3/c26-18(27-24-16-7-2-1-6-14(16)20-22-24)28-25-17-11-12(8-9-15(17)21-23-25)13-5-3-4-10-19-13/h1-11H. The molecule has 28 heavy (non-hydrogen) atoms. The molecule has 0 fully saturated rings. The summed E-state index contributed by atoms with van der Waals surface area (Å²) in [4.78, 5) is 28.7. The second kappa shape index (κ2) is 6.43. The zero-order valence-corrected chi connectivity index (χ0v) is 14.2. The summed E-state index contributed by atoms with van der Waals surface area (Å²) in [5.41, 5.74) is 3.76. The van der Waals surface area contributed by atoms with Crippen molar-refractivity contribution >= 4 is 28.2 Å². The van der Waals surface area contributed by atoms with Gasteiger partial charge in [0, 0.05) is 11.8 Å². The third kappa shape index (κ3) is 2.78. The van der Waals surface area contributed by atoms with E-state index in [1.807, 2.05) is 24.3 Å². The number of carbonyl (C=O) groups is 1. The molecule has 0 radical (unpaired) electrons. The van der Waals surface area contributed by atoms with Crippen LogP contribution in [0, 0.1) is 0 Å². The van der Waals surface area contributed by atoms with E-state index in [9.17, 15) is 4.79 Å². The SMILES string of the molecule is O=C(On1nnc2ccccc21)On1nnc2ccc(-c3ccccn3)cc21. The van der Waals surface area contributed by atoms with E-state index < -0.39 is 6.16 Å². The first-order valence-corrected chi connectivity index (χ1v) is 8.26. The van der Waals surface area contributed by atoms with Crippen LogP contribution in [-0.2, 0) is 0 Å². The lowest BCUT2D eigenvalue weighted by Gasteiger charge is -2.05. The minimum Gasteiger partial charge on any atom is -0.280 e. The third-order valence-corrected chi connectivity index (χ3v) is 4.02. The van der Waals surface area contributed by atoms with E-state index in [0.29, 0.717) is 22.1 Å². The minimum atomic E-state index is -1.04. The molecule has 0 aliphatic heterocycles. The Bertz CT molecular complexity index is 1300. The van der Waals surface area contributed by atoms with E-state index in [1.54, 1.807) is 42.6 Å². The maximum Gasteiger partial charge on any atom is 0.562 e. The van der Waals surface area contributed by atoms with Gasteiger partial charge in [0.25, 0.3) is 0 Å². The Kier molecular flexibility index (Phi) is 3.65. The van der Waals surface area contributed by atoms with Gasteiger partial charge in [-0.15, -0.1) is 10.2 Å². The smallest absolute Gasteiger partial charge is 0.280 e. The lowest BCUT2D eigenvalue weighted by atomic mass is 10.1. The van der Waals surface area contributed by atoms with Gasteiger partial charge in [-0.3, -0.25) is 14.7 Å². The lowest BCUT2D eigenvalue weighted by molar-refractivity contribution is 0.0262. The number of hydrogen-bond donors (Lipinski definition) is 0. The number of hydrogen-bond acceptors (Lipinski definition) is 8. The Hall–Kier alpha value is -4.34. The summed E-state index contributed by atoms with van der Waals surface area (Å²) in [5, 5.41) is 15.5. The minimum absolute atomic E-state index is 0.489. The summed E-state index contributed by atoms with van der Waals surface area (Å²) in [6, 6.07) is 18.0. The van der Waals surface area contributed by atoms with E-state index in [2.05, 4.69) is 25.6 Å². The average Bonchev–Trinajstić information content (AvgIpc) is 3.33. The molecule has 3 aromatic heterocycles. The van der Waals surface area contributed by atoms with Crippen molar-refractivity contribution in [1.29, 1.82) is 0 Å². The van der Waals surface area contributed by atoms with Gasteiger partial charge in [0.15, 0.2) is 0 Å². The fourth-order valence-electron chi connectivity index (χ4n) is 2.73. The predicted octanol–water partition coefficient (Wildman–Crippen LogP) is 1.92. The van der Waals surface area contributed by atoms with Gasteiger partial charge in [-0.1, -0.05) is 34.0 Å². The van der Waals surface area contributed by atoms with Crippen LogP contribution in [0.3, 0.4) is 0 Å². The van der Waals surface area contributed by atoms with E-state index in [4.69, 9.17) is 9.68 Å². The largest absolute Gasteiger partial charge is 0.562 e. The molecule has 0 saturated heterocycles. The first-order chi connectivity index (χ1) is 13.8. The molecule has 0 bridgehead atoms. The maximum atomic E-state index is 12.2. The average molecular weight is 373 g/mol. The molecule has 0 amide bonds. The molecule has 5 aromatic rings. The van der Waals surface area contributed by atoms with Crippen molar-refractivity contribution in [2.24, 2.45) is 0 Å². The molecule has 10 heteroatoms. The molecule has 0 aliphatic carbocycles. The summed E-state index contributed by atoms with van der Waals surface area (Å²) < 4.78 is 0. The number of rotatable bonds is 3. The molecule has 5 rings (SSSR count). The van der Waals surface area contributed by atoms with E-state index in [0.717, 1.165) is 20.9 Å². The predicted molar refractivity (Wildman–Crippen MR) is 96.8 cm³/mol. The zero-order chi connectivity index (χ0) is 18.9. The summed E-state index contributed by atoms with van der Waals surface area (Å²) >= 11 is 0. The Morgan fingerprint density at radius 2 is 1.50 bits per heavy atom. The van der Waals surface area contributed by atoms with Crippen LogP contribution in [0.25, 0.3) is 33.3 Å². The summed E-state index contributed by atoms with van der Waals surface area (Å²) in [6.07, 6.45) is 0.663. The molecular formula is C18H11N7O3. The molecule has 136 valence electrons. The van der Waals surface area contributed by atoms with Crippen LogP contribution in [0.1, 0.15) is 0 Å². The van der Waals surface area contributed by atoms with Crippen molar-refractivity contribution < 1.29 is 14.5 Å². The van der Waals surface area contributed by atoms with Crippen molar-refractivity contribution in [3.8, 4) is 11.3 Å². The molecule has 10 nitrogen and oxygen atoms in total.